The van der Waals surface area contributed by atoms with Crippen LogP contribution in [0.3, 0.4) is 0 Å². The van der Waals surface area contributed by atoms with Crippen molar-refractivity contribution in [2.45, 2.75) is 0 Å². The molecule has 3 heteroatoms. The molecule has 0 aliphatic heterocycles. The lowest BCUT2D eigenvalue weighted by Crippen LogP contribution is -3.00. The van der Waals surface area contributed by atoms with Gasteiger partial charge in [-0.15, -0.1) is 0 Å². The summed E-state index contributed by atoms with van der Waals surface area (Å²) in [4.78, 5) is 3.50. The number of hydrogen-bond donors (Lipinski definition) is 1. The van der Waals surface area contributed by atoms with Crippen LogP contribution in [0.5, 0.6) is 0 Å². The van der Waals surface area contributed by atoms with E-state index in [1.165, 1.54) is 32.8 Å². The van der Waals surface area contributed by atoms with E-state index in [0.717, 1.165) is 0 Å². The molecule has 0 saturated heterocycles. The second-order valence-electron chi connectivity index (χ2n) is 4.70. The van der Waals surface area contributed by atoms with Crippen molar-refractivity contribution >= 4 is 32.8 Å². The fraction of sp³-hybridized carbons (Fsp3) is 0.0625. The van der Waals surface area contributed by atoms with Gasteiger partial charge in [0.25, 0.3) is 5.65 Å². The van der Waals surface area contributed by atoms with E-state index in [1.54, 1.807) is 0 Å². The van der Waals surface area contributed by atoms with Gasteiger partial charge in [-0.1, -0.05) is 30.3 Å². The van der Waals surface area contributed by atoms with E-state index >= 15 is 0 Å². The highest BCUT2D eigenvalue weighted by Gasteiger charge is 2.14. The minimum Gasteiger partial charge on any atom is -1.00 e. The van der Waals surface area contributed by atoms with Gasteiger partial charge in [0.2, 0.25) is 0 Å². The van der Waals surface area contributed by atoms with Crippen molar-refractivity contribution in [1.29, 1.82) is 0 Å². The zero-order chi connectivity index (χ0) is 12.1. The summed E-state index contributed by atoms with van der Waals surface area (Å²) in [6.45, 7) is 0. The second-order valence-corrected chi connectivity index (χ2v) is 4.70. The molecule has 0 radical (unpaired) electrons. The zero-order valence-corrected chi connectivity index (χ0v) is 11.3. The van der Waals surface area contributed by atoms with Crippen LogP contribution in [0.2, 0.25) is 0 Å². The Balaban J connectivity index is 0.00000110. The van der Waals surface area contributed by atoms with E-state index in [2.05, 4.69) is 71.2 Å². The van der Waals surface area contributed by atoms with Crippen LogP contribution in [0.1, 0.15) is 0 Å². The van der Waals surface area contributed by atoms with Crippen molar-refractivity contribution in [2.24, 2.45) is 7.05 Å². The minimum absolute atomic E-state index is 0. The van der Waals surface area contributed by atoms with Crippen LogP contribution < -0.4 is 17.0 Å². The molecule has 2 nitrogen and oxygen atoms in total. The van der Waals surface area contributed by atoms with E-state index < -0.39 is 0 Å². The fourth-order valence-electron chi connectivity index (χ4n) is 2.75. The zero-order valence-electron chi connectivity index (χ0n) is 10.5. The molecular weight excluding hydrogens is 256 g/mol. The summed E-state index contributed by atoms with van der Waals surface area (Å²) in [5.41, 5.74) is 3.62. The molecule has 4 aromatic rings. The molecule has 2 aromatic carbocycles. The van der Waals surface area contributed by atoms with Gasteiger partial charge < -0.3 is 12.4 Å². The number of nitrogens with one attached hydrogen (secondary N) is 1. The first kappa shape index (κ1) is 12.0. The van der Waals surface area contributed by atoms with Gasteiger partial charge in [0.15, 0.2) is 0 Å². The predicted octanol–water partition coefficient (Wildman–Crippen LogP) is 0.303. The largest absolute Gasteiger partial charge is 1.00 e. The number of para-hydroxylation sites is 2. The third-order valence-electron chi connectivity index (χ3n) is 3.66. The van der Waals surface area contributed by atoms with Crippen molar-refractivity contribution in [3.63, 3.8) is 0 Å². The Morgan fingerprint density at radius 1 is 0.895 bits per heavy atom. The maximum atomic E-state index is 3.50. The Hall–Kier alpha value is -2.06. The average Bonchev–Trinajstić information content (AvgIpc) is 2.79. The van der Waals surface area contributed by atoms with E-state index in [-0.39, 0.29) is 12.4 Å². The van der Waals surface area contributed by atoms with E-state index in [0.29, 0.717) is 0 Å². The van der Waals surface area contributed by atoms with Gasteiger partial charge in [0.05, 0.1) is 12.4 Å². The van der Waals surface area contributed by atoms with Crippen LogP contribution >= 0.6 is 0 Å². The molecule has 1 N–H and O–H groups in total. The molecule has 0 amide bonds. The number of H-pyrrole nitrogens is 1. The molecule has 0 atom stereocenters. The molecule has 0 fully saturated rings. The van der Waals surface area contributed by atoms with Crippen molar-refractivity contribution in [1.82, 2.24) is 4.98 Å². The normalized spacial score (nSPS) is 11.0. The molecule has 0 saturated carbocycles. The number of aryl methyl sites for hydroxylation is 1. The number of aromatic amines is 1. The predicted molar refractivity (Wildman–Crippen MR) is 74.5 cm³/mol. The second kappa shape index (κ2) is 4.25. The highest BCUT2D eigenvalue weighted by Crippen LogP contribution is 2.25. The van der Waals surface area contributed by atoms with Gasteiger partial charge in [-0.3, -0.25) is 0 Å². The average molecular weight is 269 g/mol. The number of aromatic nitrogens is 2. The maximum Gasteiger partial charge on any atom is 0.287 e. The van der Waals surface area contributed by atoms with Crippen LogP contribution in [0.15, 0.2) is 54.6 Å². The van der Waals surface area contributed by atoms with E-state index in [4.69, 9.17) is 0 Å². The lowest BCUT2D eigenvalue weighted by Gasteiger charge is -2.00. The van der Waals surface area contributed by atoms with Crippen LogP contribution in [0, 0.1) is 0 Å². The molecule has 4 rings (SSSR count). The Bertz CT molecular complexity index is 893. The van der Waals surface area contributed by atoms with Crippen molar-refractivity contribution < 1.29 is 17.0 Å². The molecule has 94 valence electrons. The summed E-state index contributed by atoms with van der Waals surface area (Å²) in [5, 5.41) is 3.85. The van der Waals surface area contributed by atoms with Crippen LogP contribution in [-0.4, -0.2) is 4.98 Å². The van der Waals surface area contributed by atoms with Gasteiger partial charge in [-0.05, 0) is 24.3 Å². The smallest absolute Gasteiger partial charge is 0.287 e. The molecule has 0 spiro atoms. The number of fused-ring (bicyclic) bond motifs is 4. The molecule has 0 aliphatic carbocycles. The van der Waals surface area contributed by atoms with Crippen LogP contribution in [-0.2, 0) is 7.05 Å². The van der Waals surface area contributed by atoms with E-state index in [9.17, 15) is 0 Å². The molecule has 0 aliphatic rings. The third-order valence-corrected chi connectivity index (χ3v) is 3.66. The Kier molecular flexibility index (Phi) is 2.68. The first-order chi connectivity index (χ1) is 8.84. The lowest BCUT2D eigenvalue weighted by molar-refractivity contribution is -0.619. The third kappa shape index (κ3) is 1.60. The summed E-state index contributed by atoms with van der Waals surface area (Å²) in [7, 11) is 2.11. The Morgan fingerprint density at radius 2 is 1.63 bits per heavy atom. The Labute approximate surface area is 117 Å². The molecule has 2 aromatic heterocycles. The molecular formula is C16H13ClN2. The van der Waals surface area contributed by atoms with Crippen molar-refractivity contribution in [3.8, 4) is 0 Å². The Morgan fingerprint density at radius 3 is 2.53 bits per heavy atom. The first-order valence-electron chi connectivity index (χ1n) is 6.13. The molecule has 0 unspecified atom stereocenters. The van der Waals surface area contributed by atoms with Gasteiger partial charge in [0, 0.05) is 10.8 Å². The summed E-state index contributed by atoms with van der Waals surface area (Å²) in [6, 6.07) is 19.2. The summed E-state index contributed by atoms with van der Waals surface area (Å²) < 4.78 is 2.23. The quantitative estimate of drug-likeness (QED) is 0.443. The lowest BCUT2D eigenvalue weighted by atomic mass is 10.1. The van der Waals surface area contributed by atoms with E-state index in [1.807, 2.05) is 0 Å². The minimum atomic E-state index is 0. The summed E-state index contributed by atoms with van der Waals surface area (Å²) in [6.07, 6.45) is 0. The van der Waals surface area contributed by atoms with Gasteiger partial charge in [0.1, 0.15) is 11.0 Å². The molecule has 19 heavy (non-hydrogen) atoms. The topological polar surface area (TPSA) is 19.7 Å². The van der Waals surface area contributed by atoms with Crippen LogP contribution in [0.4, 0.5) is 0 Å². The standard InChI is InChI=1S/C16H12N2.ClH/c1-18-15-9-5-2-6-11(15)10-13-12-7-3-4-8-14(12)17-16(13)18;/h2-10H,1H3;1H. The SMILES string of the molecule is C[n+]1c2ccccc2cc2c3ccccc3[nH]c21.[Cl-]. The summed E-state index contributed by atoms with van der Waals surface area (Å²) >= 11 is 0. The molecule has 0 bridgehead atoms. The van der Waals surface area contributed by atoms with Crippen molar-refractivity contribution in [3.05, 3.63) is 54.6 Å². The highest BCUT2D eigenvalue weighted by molar-refractivity contribution is 6.07. The van der Waals surface area contributed by atoms with Gasteiger partial charge in [-0.2, -0.15) is 0 Å². The number of benzene rings is 2. The monoisotopic (exact) mass is 268 g/mol. The van der Waals surface area contributed by atoms with Crippen LogP contribution in [0.25, 0.3) is 32.8 Å². The number of halogens is 1. The highest BCUT2D eigenvalue weighted by atomic mass is 35.5. The maximum absolute atomic E-state index is 3.50. The van der Waals surface area contributed by atoms with Gasteiger partial charge in [-0.25, -0.2) is 9.55 Å². The number of nitrogens with zero attached hydrogens (tertiary/aromatic N) is 1. The fourth-order valence-corrected chi connectivity index (χ4v) is 2.75. The first-order valence-corrected chi connectivity index (χ1v) is 6.13. The molecule has 2 heterocycles. The van der Waals surface area contributed by atoms with Crippen molar-refractivity contribution in [2.75, 3.05) is 0 Å². The number of hydrogen-bond acceptors (Lipinski definition) is 0. The van der Waals surface area contributed by atoms with Gasteiger partial charge >= 0.3 is 0 Å². The number of pyridine rings is 1. The summed E-state index contributed by atoms with van der Waals surface area (Å²) in [5.74, 6) is 0. The number of rotatable bonds is 0.